The molecular weight excluding hydrogens is 540 g/mol. The van der Waals surface area contributed by atoms with Gasteiger partial charge in [-0.1, -0.05) is 24.3 Å². The topological polar surface area (TPSA) is 81.3 Å². The van der Waals surface area contributed by atoms with Crippen LogP contribution in [0.1, 0.15) is 11.6 Å². The fourth-order valence-corrected chi connectivity index (χ4v) is 3.29. The number of hydrogen-bond acceptors (Lipinski definition) is 5. The summed E-state index contributed by atoms with van der Waals surface area (Å²) in [5.74, 6) is 0.355. The van der Waals surface area contributed by atoms with E-state index < -0.39 is 6.36 Å². The van der Waals surface area contributed by atoms with Crippen molar-refractivity contribution in [2.75, 3.05) is 45.3 Å². The Labute approximate surface area is 201 Å². The number of halogens is 4. The Kier molecular flexibility index (Phi) is 9.84. The first-order valence-corrected chi connectivity index (χ1v) is 9.73. The molecule has 3 N–H and O–H groups in total. The summed E-state index contributed by atoms with van der Waals surface area (Å²) >= 11 is 0. The quantitative estimate of drug-likeness (QED) is 0.300. The van der Waals surface area contributed by atoms with Crippen molar-refractivity contribution in [3.8, 4) is 11.5 Å². The van der Waals surface area contributed by atoms with Gasteiger partial charge in [-0.15, -0.1) is 37.1 Å². The molecule has 0 spiro atoms. The molecule has 1 unspecified atom stereocenters. The zero-order chi connectivity index (χ0) is 22.3. The molecule has 1 fully saturated rings. The van der Waals surface area contributed by atoms with Crippen LogP contribution in [0.5, 0.6) is 11.5 Å². The molecule has 1 saturated heterocycles. The number of rotatable bonds is 7. The van der Waals surface area contributed by atoms with Gasteiger partial charge in [-0.3, -0.25) is 9.89 Å². The van der Waals surface area contributed by atoms with Gasteiger partial charge in [-0.05, 0) is 29.8 Å². The number of ether oxygens (including phenoxy) is 3. The fourth-order valence-electron chi connectivity index (χ4n) is 3.29. The number of aliphatic imine (C=N–C) groups is 1. The Balaban J connectivity index is 0.00000363. The standard InChI is InChI=1S/C21H25F3N4O3.HI/c1-29-16-8-6-15(7-9-16)18(28-10-12-30-13-11-28)14-26-20(25)27-17-4-2-3-5-19(17)31-21(22,23)24;/h2-9,18H,10-14H2,1H3,(H3,25,26,27);1H. The van der Waals surface area contributed by atoms with Crippen LogP contribution in [0.4, 0.5) is 18.9 Å². The molecule has 0 aliphatic carbocycles. The SMILES string of the molecule is COc1ccc(C(CN=C(N)Nc2ccccc2OC(F)(F)F)N2CCOCC2)cc1.I. The largest absolute Gasteiger partial charge is 0.573 e. The van der Waals surface area contributed by atoms with Crippen LogP contribution in [0, 0.1) is 0 Å². The van der Waals surface area contributed by atoms with Gasteiger partial charge in [0, 0.05) is 13.1 Å². The van der Waals surface area contributed by atoms with E-state index in [2.05, 4.69) is 19.9 Å². The summed E-state index contributed by atoms with van der Waals surface area (Å²) < 4.78 is 52.6. The highest BCUT2D eigenvalue weighted by Crippen LogP contribution is 2.30. The third-order valence-corrected chi connectivity index (χ3v) is 4.80. The Bertz CT molecular complexity index is 875. The third-order valence-electron chi connectivity index (χ3n) is 4.80. The lowest BCUT2D eigenvalue weighted by Crippen LogP contribution is -2.40. The lowest BCUT2D eigenvalue weighted by Gasteiger charge is -2.34. The molecule has 3 rings (SSSR count). The Morgan fingerprint density at radius 2 is 1.81 bits per heavy atom. The molecule has 0 saturated carbocycles. The first kappa shape index (κ1) is 26.0. The molecule has 1 aliphatic rings. The molecule has 1 heterocycles. The molecule has 1 aliphatic heterocycles. The van der Waals surface area contributed by atoms with Gasteiger partial charge < -0.3 is 25.3 Å². The van der Waals surface area contributed by atoms with Gasteiger partial charge in [0.05, 0.1) is 38.6 Å². The van der Waals surface area contributed by atoms with Crippen molar-refractivity contribution in [3.05, 3.63) is 54.1 Å². The van der Waals surface area contributed by atoms with Gasteiger partial charge in [0.25, 0.3) is 0 Å². The van der Waals surface area contributed by atoms with Crippen LogP contribution < -0.4 is 20.5 Å². The van der Waals surface area contributed by atoms with Crippen LogP contribution >= 0.6 is 24.0 Å². The number of nitrogens with two attached hydrogens (primary N) is 1. The highest BCUT2D eigenvalue weighted by Gasteiger charge is 2.32. The first-order valence-electron chi connectivity index (χ1n) is 9.73. The summed E-state index contributed by atoms with van der Waals surface area (Å²) in [6, 6.07) is 13.3. The number of hydrogen-bond donors (Lipinski definition) is 2. The van der Waals surface area contributed by atoms with Crippen LogP contribution in [0.2, 0.25) is 0 Å². The molecule has 1 atom stereocenters. The van der Waals surface area contributed by atoms with Gasteiger partial charge >= 0.3 is 6.36 Å². The van der Waals surface area contributed by atoms with Crippen LogP contribution in [-0.2, 0) is 4.74 Å². The Hall–Kier alpha value is -2.25. The lowest BCUT2D eigenvalue weighted by atomic mass is 10.0. The van der Waals surface area contributed by atoms with E-state index in [4.69, 9.17) is 15.2 Å². The second kappa shape index (κ2) is 12.1. The third kappa shape index (κ3) is 7.71. The van der Waals surface area contributed by atoms with E-state index in [0.29, 0.717) is 19.8 Å². The van der Waals surface area contributed by atoms with Gasteiger partial charge in [0.1, 0.15) is 5.75 Å². The number of benzene rings is 2. The number of guanidine groups is 1. The van der Waals surface area contributed by atoms with Crippen molar-refractivity contribution in [2.45, 2.75) is 12.4 Å². The van der Waals surface area contributed by atoms with Crippen molar-refractivity contribution < 1.29 is 27.4 Å². The van der Waals surface area contributed by atoms with Crippen molar-refractivity contribution in [2.24, 2.45) is 10.7 Å². The molecule has 0 amide bonds. The predicted molar refractivity (Wildman–Crippen MR) is 127 cm³/mol. The van der Waals surface area contributed by atoms with Crippen LogP contribution in [0.15, 0.2) is 53.5 Å². The second-order valence-electron chi connectivity index (χ2n) is 6.83. The molecule has 0 radical (unpaired) electrons. The minimum atomic E-state index is -4.81. The van der Waals surface area contributed by atoms with Crippen molar-refractivity contribution >= 4 is 35.6 Å². The van der Waals surface area contributed by atoms with Crippen molar-refractivity contribution in [1.29, 1.82) is 0 Å². The summed E-state index contributed by atoms with van der Waals surface area (Å²) in [6.07, 6.45) is -4.81. The van der Waals surface area contributed by atoms with E-state index in [-0.39, 0.29) is 47.4 Å². The molecular formula is C21H26F3IN4O3. The number of para-hydroxylation sites is 2. The van der Waals surface area contributed by atoms with Crippen LogP contribution in [0.3, 0.4) is 0 Å². The Morgan fingerprint density at radius 3 is 2.44 bits per heavy atom. The maximum atomic E-state index is 12.6. The van der Waals surface area contributed by atoms with Gasteiger partial charge in [-0.2, -0.15) is 0 Å². The summed E-state index contributed by atoms with van der Waals surface area (Å²) in [7, 11) is 1.60. The molecule has 32 heavy (non-hydrogen) atoms. The number of anilines is 1. The average Bonchev–Trinajstić information content (AvgIpc) is 2.75. The molecule has 11 heteroatoms. The maximum Gasteiger partial charge on any atom is 0.573 e. The van der Waals surface area contributed by atoms with Gasteiger partial charge in [0.15, 0.2) is 11.7 Å². The summed E-state index contributed by atoms with van der Waals surface area (Å²) in [4.78, 5) is 6.62. The number of methoxy groups -OCH3 is 1. The summed E-state index contributed by atoms with van der Waals surface area (Å²) in [5, 5.41) is 2.70. The molecule has 0 bridgehead atoms. The number of alkyl halides is 3. The zero-order valence-corrected chi connectivity index (χ0v) is 19.8. The lowest BCUT2D eigenvalue weighted by molar-refractivity contribution is -0.274. The normalized spacial score (nSPS) is 16.1. The number of morpholine rings is 1. The second-order valence-corrected chi connectivity index (χ2v) is 6.83. The van der Waals surface area contributed by atoms with Gasteiger partial charge in [0.2, 0.25) is 0 Å². The molecule has 176 valence electrons. The average molecular weight is 566 g/mol. The van der Waals surface area contributed by atoms with E-state index in [1.807, 2.05) is 24.3 Å². The van der Waals surface area contributed by atoms with E-state index in [9.17, 15) is 13.2 Å². The first-order chi connectivity index (χ1) is 14.9. The Morgan fingerprint density at radius 1 is 1.16 bits per heavy atom. The van der Waals surface area contributed by atoms with Gasteiger partial charge in [-0.25, -0.2) is 0 Å². The number of nitrogens with zero attached hydrogens (tertiary/aromatic N) is 2. The van der Waals surface area contributed by atoms with Crippen molar-refractivity contribution in [3.63, 3.8) is 0 Å². The van der Waals surface area contributed by atoms with E-state index in [1.54, 1.807) is 13.2 Å². The summed E-state index contributed by atoms with van der Waals surface area (Å²) in [6.45, 7) is 3.02. The highest BCUT2D eigenvalue weighted by atomic mass is 127. The van der Waals surface area contributed by atoms with E-state index in [0.717, 1.165) is 24.4 Å². The minimum Gasteiger partial charge on any atom is -0.497 e. The monoisotopic (exact) mass is 566 g/mol. The molecule has 2 aromatic carbocycles. The summed E-state index contributed by atoms with van der Waals surface area (Å²) in [5.41, 5.74) is 7.08. The van der Waals surface area contributed by atoms with Crippen molar-refractivity contribution in [1.82, 2.24) is 4.90 Å². The predicted octanol–water partition coefficient (Wildman–Crippen LogP) is 4.01. The van der Waals surface area contributed by atoms with E-state index in [1.165, 1.54) is 18.2 Å². The number of nitrogens with one attached hydrogen (secondary N) is 1. The van der Waals surface area contributed by atoms with Crippen LogP contribution in [-0.4, -0.2) is 57.2 Å². The fraction of sp³-hybridized carbons (Fsp3) is 0.381. The minimum absolute atomic E-state index is 0. The molecule has 2 aromatic rings. The highest BCUT2D eigenvalue weighted by molar-refractivity contribution is 14.0. The van der Waals surface area contributed by atoms with E-state index >= 15 is 0 Å². The molecule has 0 aromatic heterocycles. The smallest absolute Gasteiger partial charge is 0.497 e. The maximum absolute atomic E-state index is 12.6. The zero-order valence-electron chi connectivity index (χ0n) is 17.5. The molecule has 7 nitrogen and oxygen atoms in total. The van der Waals surface area contributed by atoms with Crippen LogP contribution in [0.25, 0.3) is 0 Å².